The third-order valence-corrected chi connectivity index (χ3v) is 2.90. The summed E-state index contributed by atoms with van der Waals surface area (Å²) in [6.07, 6.45) is -3.48. The van der Waals surface area contributed by atoms with Crippen LogP contribution in [0.25, 0.3) is 0 Å². The number of nitrogens with zero attached hydrogens (tertiary/aromatic N) is 1. The summed E-state index contributed by atoms with van der Waals surface area (Å²) in [7, 11) is 0. The van der Waals surface area contributed by atoms with E-state index in [1.54, 1.807) is 0 Å². The Labute approximate surface area is 101 Å². The van der Waals surface area contributed by atoms with Crippen molar-refractivity contribution in [3.63, 3.8) is 0 Å². The second kappa shape index (κ2) is 4.64. The molecule has 1 aromatic rings. The predicted molar refractivity (Wildman–Crippen MR) is 55.4 cm³/mol. The molecule has 1 aliphatic rings. The standard InChI is InChI=1S/C11H12F3NO3/c12-11(13,14)9-4-3-8(10(16)17)15(9)6-7-2-1-5-18-7/h3-4,7H,1-2,5-6H2,(H,16,17). The molecule has 0 radical (unpaired) electrons. The minimum Gasteiger partial charge on any atom is -0.477 e. The number of hydrogen-bond donors (Lipinski definition) is 1. The van der Waals surface area contributed by atoms with Crippen LogP contribution in [-0.4, -0.2) is 28.4 Å². The lowest BCUT2D eigenvalue weighted by molar-refractivity contribution is -0.144. The summed E-state index contributed by atoms with van der Waals surface area (Å²) in [5.41, 5.74) is -1.31. The Kier molecular flexibility index (Phi) is 3.34. The number of carboxylic acids is 1. The molecule has 0 aromatic carbocycles. The van der Waals surface area contributed by atoms with Gasteiger partial charge in [0.1, 0.15) is 11.4 Å². The SMILES string of the molecule is O=C(O)c1ccc(C(F)(F)F)n1CC1CCCO1. The zero-order valence-electron chi connectivity index (χ0n) is 9.41. The summed E-state index contributed by atoms with van der Waals surface area (Å²) in [4.78, 5) is 10.9. The van der Waals surface area contributed by atoms with Crippen LogP contribution < -0.4 is 0 Å². The molecular weight excluding hydrogens is 251 g/mol. The normalized spacial score (nSPS) is 20.3. The van der Waals surface area contributed by atoms with E-state index in [2.05, 4.69) is 0 Å². The molecule has 1 fully saturated rings. The van der Waals surface area contributed by atoms with Gasteiger partial charge < -0.3 is 14.4 Å². The van der Waals surface area contributed by atoms with Gasteiger partial charge in [0.25, 0.3) is 0 Å². The molecule has 100 valence electrons. The highest BCUT2D eigenvalue weighted by Gasteiger charge is 2.36. The zero-order chi connectivity index (χ0) is 13.3. The molecule has 1 unspecified atom stereocenters. The predicted octanol–water partition coefficient (Wildman–Crippen LogP) is 2.38. The van der Waals surface area contributed by atoms with Crippen molar-refractivity contribution in [3.05, 3.63) is 23.5 Å². The van der Waals surface area contributed by atoms with Crippen molar-refractivity contribution >= 4 is 5.97 Å². The molecule has 1 atom stereocenters. The topological polar surface area (TPSA) is 51.5 Å². The number of aromatic nitrogens is 1. The van der Waals surface area contributed by atoms with E-state index in [1.165, 1.54) is 0 Å². The van der Waals surface area contributed by atoms with E-state index in [0.717, 1.165) is 23.1 Å². The molecule has 2 heterocycles. The highest BCUT2D eigenvalue weighted by atomic mass is 19.4. The molecule has 18 heavy (non-hydrogen) atoms. The second-order valence-corrected chi connectivity index (χ2v) is 4.15. The Morgan fingerprint density at radius 3 is 2.72 bits per heavy atom. The summed E-state index contributed by atoms with van der Waals surface area (Å²) < 4.78 is 44.3. The van der Waals surface area contributed by atoms with Gasteiger partial charge in [-0.1, -0.05) is 0 Å². The third-order valence-electron chi connectivity index (χ3n) is 2.90. The van der Waals surface area contributed by atoms with Crippen LogP contribution in [0.4, 0.5) is 13.2 Å². The van der Waals surface area contributed by atoms with E-state index in [0.29, 0.717) is 13.0 Å². The first-order valence-electron chi connectivity index (χ1n) is 5.51. The van der Waals surface area contributed by atoms with Crippen molar-refractivity contribution in [2.75, 3.05) is 6.61 Å². The minimum absolute atomic E-state index is 0.0799. The molecule has 0 spiro atoms. The first-order chi connectivity index (χ1) is 8.39. The Bertz CT molecular complexity index is 447. The quantitative estimate of drug-likeness (QED) is 0.910. The molecule has 2 rings (SSSR count). The number of carboxylic acid groups (broad SMARTS) is 1. The van der Waals surface area contributed by atoms with Crippen LogP contribution in [0.1, 0.15) is 29.0 Å². The lowest BCUT2D eigenvalue weighted by Crippen LogP contribution is -2.23. The van der Waals surface area contributed by atoms with E-state index in [-0.39, 0.29) is 18.3 Å². The summed E-state index contributed by atoms with van der Waals surface area (Å²) in [5.74, 6) is -1.37. The smallest absolute Gasteiger partial charge is 0.431 e. The van der Waals surface area contributed by atoms with Gasteiger partial charge in [-0.05, 0) is 25.0 Å². The highest BCUT2D eigenvalue weighted by molar-refractivity contribution is 5.86. The van der Waals surface area contributed by atoms with Crippen LogP contribution in [0, 0.1) is 0 Å². The molecule has 0 saturated carbocycles. The van der Waals surface area contributed by atoms with E-state index in [9.17, 15) is 18.0 Å². The van der Waals surface area contributed by atoms with Crippen LogP contribution in [0.15, 0.2) is 12.1 Å². The largest absolute Gasteiger partial charge is 0.477 e. The molecule has 1 aliphatic heterocycles. The number of carbonyl (C=O) groups is 1. The van der Waals surface area contributed by atoms with Crippen LogP contribution in [0.3, 0.4) is 0 Å². The first kappa shape index (κ1) is 12.9. The van der Waals surface area contributed by atoms with Gasteiger partial charge >= 0.3 is 12.1 Å². The van der Waals surface area contributed by atoms with Crippen molar-refractivity contribution in [3.8, 4) is 0 Å². The molecule has 0 aliphatic carbocycles. The van der Waals surface area contributed by atoms with Crippen LogP contribution in [0.5, 0.6) is 0 Å². The summed E-state index contributed by atoms with van der Waals surface area (Å²) in [6.45, 7) is 0.430. The Hall–Kier alpha value is -1.50. The number of alkyl halides is 3. The maximum absolute atomic E-state index is 12.7. The molecule has 1 saturated heterocycles. The molecule has 0 bridgehead atoms. The fourth-order valence-electron chi connectivity index (χ4n) is 2.09. The fraction of sp³-hybridized carbons (Fsp3) is 0.545. The van der Waals surface area contributed by atoms with E-state index >= 15 is 0 Å². The van der Waals surface area contributed by atoms with Gasteiger partial charge in [0.05, 0.1) is 6.10 Å². The number of halogens is 3. The number of rotatable bonds is 3. The lowest BCUT2D eigenvalue weighted by Gasteiger charge is -2.17. The van der Waals surface area contributed by atoms with Crippen molar-refractivity contribution in [2.45, 2.75) is 31.7 Å². The van der Waals surface area contributed by atoms with Crippen molar-refractivity contribution in [1.29, 1.82) is 0 Å². The lowest BCUT2D eigenvalue weighted by atomic mass is 10.2. The zero-order valence-corrected chi connectivity index (χ0v) is 9.41. The van der Waals surface area contributed by atoms with E-state index < -0.39 is 17.8 Å². The first-order valence-corrected chi connectivity index (χ1v) is 5.51. The monoisotopic (exact) mass is 263 g/mol. The van der Waals surface area contributed by atoms with E-state index in [4.69, 9.17) is 9.84 Å². The van der Waals surface area contributed by atoms with Gasteiger partial charge in [-0.3, -0.25) is 0 Å². The van der Waals surface area contributed by atoms with Gasteiger partial charge in [-0.25, -0.2) is 4.79 Å². The molecule has 1 aromatic heterocycles. The Morgan fingerprint density at radius 1 is 1.50 bits per heavy atom. The summed E-state index contributed by atoms with van der Waals surface area (Å²) in [5, 5.41) is 8.89. The van der Waals surface area contributed by atoms with Gasteiger partial charge in [0, 0.05) is 13.2 Å². The number of aromatic carboxylic acids is 1. The maximum atomic E-state index is 12.7. The number of hydrogen-bond acceptors (Lipinski definition) is 2. The summed E-state index contributed by atoms with van der Waals surface area (Å²) in [6, 6.07) is 1.76. The Morgan fingerprint density at radius 2 is 2.22 bits per heavy atom. The van der Waals surface area contributed by atoms with Crippen LogP contribution in [0.2, 0.25) is 0 Å². The fourth-order valence-corrected chi connectivity index (χ4v) is 2.09. The van der Waals surface area contributed by atoms with Crippen LogP contribution in [-0.2, 0) is 17.5 Å². The van der Waals surface area contributed by atoms with Crippen molar-refractivity contribution in [2.24, 2.45) is 0 Å². The van der Waals surface area contributed by atoms with Gasteiger partial charge in [-0.15, -0.1) is 0 Å². The van der Waals surface area contributed by atoms with Gasteiger partial charge in [0.15, 0.2) is 0 Å². The van der Waals surface area contributed by atoms with Crippen molar-refractivity contribution < 1.29 is 27.8 Å². The molecule has 4 nitrogen and oxygen atoms in total. The maximum Gasteiger partial charge on any atom is 0.431 e. The van der Waals surface area contributed by atoms with Crippen molar-refractivity contribution in [1.82, 2.24) is 4.57 Å². The molecule has 7 heteroatoms. The van der Waals surface area contributed by atoms with E-state index in [1.807, 2.05) is 0 Å². The minimum atomic E-state index is -4.56. The Balaban J connectivity index is 2.33. The average molecular weight is 263 g/mol. The average Bonchev–Trinajstić information content (AvgIpc) is 2.85. The summed E-state index contributed by atoms with van der Waals surface area (Å²) >= 11 is 0. The van der Waals surface area contributed by atoms with Gasteiger partial charge in [0.2, 0.25) is 0 Å². The van der Waals surface area contributed by atoms with Crippen LogP contribution >= 0.6 is 0 Å². The molecule has 0 amide bonds. The number of ether oxygens (including phenoxy) is 1. The molecular formula is C11H12F3NO3. The third kappa shape index (κ3) is 2.50. The molecule has 1 N–H and O–H groups in total. The second-order valence-electron chi connectivity index (χ2n) is 4.15. The highest BCUT2D eigenvalue weighted by Crippen LogP contribution is 2.32. The van der Waals surface area contributed by atoms with Gasteiger partial charge in [-0.2, -0.15) is 13.2 Å².